The summed E-state index contributed by atoms with van der Waals surface area (Å²) in [6, 6.07) is 13.2. The average molecular weight is 490 g/mol. The Labute approximate surface area is 202 Å². The topological polar surface area (TPSA) is 60.9 Å². The third kappa shape index (κ3) is 5.53. The molecule has 33 heavy (non-hydrogen) atoms. The summed E-state index contributed by atoms with van der Waals surface area (Å²) < 4.78 is 27.5. The molecule has 1 amide bonds. The van der Waals surface area contributed by atoms with Gasteiger partial charge in [0.05, 0.1) is 11.7 Å². The molecule has 0 saturated carbocycles. The van der Waals surface area contributed by atoms with Crippen molar-refractivity contribution < 1.29 is 13.2 Å². The van der Waals surface area contributed by atoms with Crippen LogP contribution in [0.15, 0.2) is 42.5 Å². The van der Waals surface area contributed by atoms with E-state index in [1.165, 1.54) is 21.1 Å². The quantitative estimate of drug-likeness (QED) is 0.640. The Morgan fingerprint density at radius 2 is 1.70 bits per heavy atom. The Hall–Kier alpha value is -2.09. The SMILES string of the molecule is Cc1cccc(N2CCN(C(=O)[C@H]3CCCN(S(=O)(=O)Cc4ccc(Cl)cc4)C3)CC2)c1C. The third-order valence-electron chi connectivity index (χ3n) is 6.90. The molecule has 8 heteroatoms. The van der Waals surface area contributed by atoms with Crippen LogP contribution in [-0.2, 0) is 20.6 Å². The summed E-state index contributed by atoms with van der Waals surface area (Å²) >= 11 is 5.91. The number of hydrogen-bond acceptors (Lipinski definition) is 4. The highest BCUT2D eigenvalue weighted by Gasteiger charge is 2.35. The first-order valence-electron chi connectivity index (χ1n) is 11.6. The molecule has 2 aliphatic heterocycles. The highest BCUT2D eigenvalue weighted by Crippen LogP contribution is 2.26. The number of nitrogens with zero attached hydrogens (tertiary/aromatic N) is 3. The first-order valence-corrected chi connectivity index (χ1v) is 13.6. The van der Waals surface area contributed by atoms with E-state index in [2.05, 4.69) is 36.9 Å². The van der Waals surface area contributed by atoms with Crippen LogP contribution in [0.2, 0.25) is 5.02 Å². The van der Waals surface area contributed by atoms with Crippen molar-refractivity contribution in [2.75, 3.05) is 44.2 Å². The summed E-state index contributed by atoms with van der Waals surface area (Å²) in [7, 11) is -3.49. The monoisotopic (exact) mass is 489 g/mol. The fourth-order valence-corrected chi connectivity index (χ4v) is 6.52. The number of carbonyl (C=O) groups is 1. The summed E-state index contributed by atoms with van der Waals surface area (Å²) in [6.45, 7) is 7.92. The first-order chi connectivity index (χ1) is 15.7. The molecule has 2 fully saturated rings. The largest absolute Gasteiger partial charge is 0.368 e. The van der Waals surface area contributed by atoms with Crippen LogP contribution in [0.5, 0.6) is 0 Å². The predicted octanol–water partition coefficient (Wildman–Crippen LogP) is 3.85. The van der Waals surface area contributed by atoms with E-state index < -0.39 is 10.0 Å². The van der Waals surface area contributed by atoms with Gasteiger partial charge in [0.15, 0.2) is 0 Å². The number of amides is 1. The number of aryl methyl sites for hydroxylation is 1. The van der Waals surface area contributed by atoms with Crippen LogP contribution in [0.25, 0.3) is 0 Å². The molecular weight excluding hydrogens is 458 g/mol. The zero-order valence-corrected chi connectivity index (χ0v) is 20.9. The standard InChI is InChI=1S/C25H32ClN3O3S/c1-19-5-3-7-24(20(19)2)27-13-15-28(16-14-27)25(30)22-6-4-12-29(17-22)33(31,32)18-21-8-10-23(26)11-9-21/h3,5,7-11,22H,4,6,12-18H2,1-2H3/t22-/m0/s1. The number of benzene rings is 2. The first kappa shape index (κ1) is 24.0. The molecule has 0 radical (unpaired) electrons. The Morgan fingerprint density at radius 3 is 2.39 bits per heavy atom. The molecule has 2 heterocycles. The van der Waals surface area contributed by atoms with Gasteiger partial charge in [0.1, 0.15) is 0 Å². The van der Waals surface area contributed by atoms with Crippen molar-refractivity contribution in [3.8, 4) is 0 Å². The lowest BCUT2D eigenvalue weighted by Gasteiger charge is -2.40. The number of carbonyl (C=O) groups excluding carboxylic acids is 1. The highest BCUT2D eigenvalue weighted by atomic mass is 35.5. The van der Waals surface area contributed by atoms with Gasteiger partial charge in [-0.25, -0.2) is 12.7 Å². The van der Waals surface area contributed by atoms with Crippen LogP contribution in [-0.4, -0.2) is 62.8 Å². The lowest BCUT2D eigenvalue weighted by atomic mass is 9.97. The van der Waals surface area contributed by atoms with E-state index in [9.17, 15) is 13.2 Å². The average Bonchev–Trinajstić information content (AvgIpc) is 2.82. The van der Waals surface area contributed by atoms with Gasteiger partial charge in [0.2, 0.25) is 15.9 Å². The Bertz CT molecular complexity index is 1100. The van der Waals surface area contributed by atoms with Crippen molar-refractivity contribution in [2.24, 2.45) is 5.92 Å². The van der Waals surface area contributed by atoms with Crippen LogP contribution in [0.4, 0.5) is 5.69 Å². The van der Waals surface area contributed by atoms with Gasteiger partial charge in [-0.05, 0) is 61.6 Å². The second-order valence-electron chi connectivity index (χ2n) is 9.11. The predicted molar refractivity (Wildman–Crippen MR) is 133 cm³/mol. The number of rotatable bonds is 5. The Kier molecular flexibility index (Phi) is 7.31. The van der Waals surface area contributed by atoms with E-state index in [0.717, 1.165) is 19.5 Å². The number of piperidine rings is 1. The van der Waals surface area contributed by atoms with Gasteiger partial charge in [0, 0.05) is 50.0 Å². The van der Waals surface area contributed by atoms with Gasteiger partial charge in [-0.3, -0.25) is 4.79 Å². The zero-order chi connectivity index (χ0) is 23.6. The maximum atomic E-state index is 13.3. The Balaban J connectivity index is 1.36. The molecule has 0 spiro atoms. The number of piperazine rings is 1. The van der Waals surface area contributed by atoms with Crippen LogP contribution in [0, 0.1) is 19.8 Å². The minimum Gasteiger partial charge on any atom is -0.368 e. The van der Waals surface area contributed by atoms with E-state index in [-0.39, 0.29) is 24.1 Å². The molecule has 0 aromatic heterocycles. The van der Waals surface area contributed by atoms with Crippen molar-refractivity contribution in [3.05, 3.63) is 64.2 Å². The fraction of sp³-hybridized carbons (Fsp3) is 0.480. The van der Waals surface area contributed by atoms with Crippen LogP contribution in [0.3, 0.4) is 0 Å². The van der Waals surface area contributed by atoms with Crippen LogP contribution >= 0.6 is 11.6 Å². The van der Waals surface area contributed by atoms with Gasteiger partial charge in [-0.2, -0.15) is 0 Å². The third-order valence-corrected chi connectivity index (χ3v) is 8.97. The molecule has 0 unspecified atom stereocenters. The lowest BCUT2D eigenvalue weighted by Crippen LogP contribution is -2.53. The van der Waals surface area contributed by atoms with Crippen molar-refractivity contribution in [3.63, 3.8) is 0 Å². The maximum Gasteiger partial charge on any atom is 0.227 e. The van der Waals surface area contributed by atoms with Gasteiger partial charge in [-0.15, -0.1) is 0 Å². The van der Waals surface area contributed by atoms with E-state index in [0.29, 0.717) is 36.6 Å². The zero-order valence-electron chi connectivity index (χ0n) is 19.3. The highest BCUT2D eigenvalue weighted by molar-refractivity contribution is 7.88. The van der Waals surface area contributed by atoms with Gasteiger partial charge in [-0.1, -0.05) is 35.9 Å². The van der Waals surface area contributed by atoms with Crippen LogP contribution < -0.4 is 4.90 Å². The smallest absolute Gasteiger partial charge is 0.227 e. The van der Waals surface area contributed by atoms with Crippen molar-refractivity contribution in [1.29, 1.82) is 0 Å². The number of sulfonamides is 1. The number of halogens is 1. The molecule has 178 valence electrons. The van der Waals surface area contributed by atoms with Crippen molar-refractivity contribution >= 4 is 33.2 Å². The lowest BCUT2D eigenvalue weighted by molar-refractivity contribution is -0.137. The minimum atomic E-state index is -3.49. The second kappa shape index (κ2) is 10.0. The molecule has 2 aromatic carbocycles. The minimum absolute atomic E-state index is 0.0698. The van der Waals surface area contributed by atoms with E-state index >= 15 is 0 Å². The Morgan fingerprint density at radius 1 is 1.00 bits per heavy atom. The number of anilines is 1. The maximum absolute atomic E-state index is 13.3. The molecule has 0 N–H and O–H groups in total. The summed E-state index contributed by atoms with van der Waals surface area (Å²) in [5.74, 6) is -0.257. The summed E-state index contributed by atoms with van der Waals surface area (Å²) in [5, 5.41) is 0.581. The molecule has 2 saturated heterocycles. The van der Waals surface area contributed by atoms with E-state index in [4.69, 9.17) is 11.6 Å². The van der Waals surface area contributed by atoms with Gasteiger partial charge < -0.3 is 9.80 Å². The molecule has 2 aliphatic rings. The molecule has 1 atom stereocenters. The molecule has 0 bridgehead atoms. The molecule has 2 aromatic rings. The number of hydrogen-bond donors (Lipinski definition) is 0. The van der Waals surface area contributed by atoms with Crippen molar-refractivity contribution in [2.45, 2.75) is 32.4 Å². The van der Waals surface area contributed by atoms with Gasteiger partial charge in [0.25, 0.3) is 0 Å². The normalized spacial score (nSPS) is 20.2. The summed E-state index contributed by atoms with van der Waals surface area (Å²) in [5.41, 5.74) is 4.49. The molecule has 6 nitrogen and oxygen atoms in total. The van der Waals surface area contributed by atoms with Gasteiger partial charge >= 0.3 is 0 Å². The van der Waals surface area contributed by atoms with E-state index in [1.54, 1.807) is 24.3 Å². The van der Waals surface area contributed by atoms with Crippen LogP contribution in [0.1, 0.15) is 29.5 Å². The second-order valence-corrected chi connectivity index (χ2v) is 11.5. The fourth-order valence-electron chi connectivity index (χ4n) is 4.78. The van der Waals surface area contributed by atoms with E-state index in [1.807, 2.05) is 4.90 Å². The summed E-state index contributed by atoms with van der Waals surface area (Å²) in [6.07, 6.45) is 1.45. The molecule has 0 aliphatic carbocycles. The molecule has 4 rings (SSSR count). The van der Waals surface area contributed by atoms with Crippen molar-refractivity contribution in [1.82, 2.24) is 9.21 Å². The summed E-state index contributed by atoms with van der Waals surface area (Å²) in [4.78, 5) is 17.5. The molecular formula is C25H32ClN3O3S.